The topological polar surface area (TPSA) is 42.3 Å². The van der Waals surface area contributed by atoms with Crippen molar-refractivity contribution in [2.75, 3.05) is 6.54 Å². The Bertz CT molecular complexity index is 1230. The molecule has 1 saturated carbocycles. The van der Waals surface area contributed by atoms with Crippen LogP contribution in [-0.4, -0.2) is 27.2 Å². The second-order valence-corrected chi connectivity index (χ2v) is 9.95. The van der Waals surface area contributed by atoms with Crippen LogP contribution in [0, 0.1) is 19.8 Å². The first kappa shape index (κ1) is 21.1. The largest absolute Gasteiger partial charge is 0.317 e. The zero-order valence-corrected chi connectivity index (χ0v) is 19.5. The molecule has 2 amide bonds. The molecule has 2 heterocycles. The molecular weight excluding hydrogens is 416 g/mol. The van der Waals surface area contributed by atoms with Crippen molar-refractivity contribution in [3.8, 4) is 5.69 Å². The van der Waals surface area contributed by atoms with Crippen LogP contribution in [0.2, 0.25) is 0 Å². The summed E-state index contributed by atoms with van der Waals surface area (Å²) < 4.78 is 2.24. The van der Waals surface area contributed by atoms with Crippen molar-refractivity contribution in [3.05, 3.63) is 70.4 Å². The Balaban J connectivity index is 1.46. The Kier molecular flexibility index (Phi) is 5.68. The van der Waals surface area contributed by atoms with Crippen LogP contribution in [0.1, 0.15) is 49.1 Å². The van der Waals surface area contributed by atoms with E-state index >= 15 is 0 Å². The number of fused-ring (bicyclic) bond motifs is 1. The smallest absolute Gasteiger partial charge is 0.293 e. The SMILES string of the molecule is Cc1cc(/C=C2/SC(=O)N(CC3CCCCC3)C2=O)c(C)n1-c1cccc2ccccc12. The van der Waals surface area contributed by atoms with E-state index in [1.165, 1.54) is 34.9 Å². The first-order valence-corrected chi connectivity index (χ1v) is 12.3. The molecule has 5 heteroatoms. The standard InChI is InChI=1S/C27H28N2O2S/c1-18-15-22(19(2)29(18)24-14-8-12-21-11-6-7-13-23(21)24)16-25-26(30)28(27(31)32-25)17-20-9-4-3-5-10-20/h6-8,11-16,20H,3-5,9-10,17H2,1-2H3/b25-16+. The number of carbonyl (C=O) groups excluding carboxylic acids is 2. The molecule has 0 unspecified atom stereocenters. The van der Waals surface area contributed by atoms with Crippen molar-refractivity contribution in [2.24, 2.45) is 5.92 Å². The van der Waals surface area contributed by atoms with Crippen molar-refractivity contribution < 1.29 is 9.59 Å². The lowest BCUT2D eigenvalue weighted by Crippen LogP contribution is -2.34. The van der Waals surface area contributed by atoms with E-state index in [2.05, 4.69) is 66.9 Å². The molecule has 5 rings (SSSR count). The normalized spacial score (nSPS) is 18.9. The number of thioether (sulfide) groups is 1. The maximum Gasteiger partial charge on any atom is 0.293 e. The number of imide groups is 1. The fourth-order valence-electron chi connectivity index (χ4n) is 5.13. The summed E-state index contributed by atoms with van der Waals surface area (Å²) in [6.07, 6.45) is 7.81. The number of aromatic nitrogens is 1. The monoisotopic (exact) mass is 444 g/mol. The van der Waals surface area contributed by atoms with Gasteiger partial charge in [-0.3, -0.25) is 14.5 Å². The summed E-state index contributed by atoms with van der Waals surface area (Å²) in [7, 11) is 0. The van der Waals surface area contributed by atoms with Crippen LogP contribution in [-0.2, 0) is 4.79 Å². The quantitative estimate of drug-likeness (QED) is 0.413. The highest BCUT2D eigenvalue weighted by Gasteiger charge is 2.36. The molecule has 2 aromatic carbocycles. The molecule has 0 atom stereocenters. The third kappa shape index (κ3) is 3.79. The Labute approximate surface area is 193 Å². The van der Waals surface area contributed by atoms with Gasteiger partial charge in [0.1, 0.15) is 0 Å². The Morgan fingerprint density at radius 1 is 1.00 bits per heavy atom. The predicted octanol–water partition coefficient (Wildman–Crippen LogP) is 6.86. The number of aryl methyl sites for hydroxylation is 1. The first-order valence-electron chi connectivity index (χ1n) is 11.5. The van der Waals surface area contributed by atoms with E-state index in [0.29, 0.717) is 17.4 Å². The van der Waals surface area contributed by atoms with E-state index in [-0.39, 0.29) is 11.1 Å². The Hall–Kier alpha value is -2.79. The second kappa shape index (κ2) is 8.62. The molecule has 0 bridgehead atoms. The molecule has 1 saturated heterocycles. The zero-order chi connectivity index (χ0) is 22.2. The van der Waals surface area contributed by atoms with Crippen LogP contribution in [0.25, 0.3) is 22.5 Å². The summed E-state index contributed by atoms with van der Waals surface area (Å²) in [6, 6.07) is 16.8. The summed E-state index contributed by atoms with van der Waals surface area (Å²) in [5.74, 6) is 0.313. The number of benzene rings is 2. The number of carbonyl (C=O) groups is 2. The minimum absolute atomic E-state index is 0.130. The van der Waals surface area contributed by atoms with Gasteiger partial charge in [-0.1, -0.05) is 55.7 Å². The molecule has 0 N–H and O–H groups in total. The van der Waals surface area contributed by atoms with Crippen molar-refractivity contribution in [1.29, 1.82) is 0 Å². The van der Waals surface area contributed by atoms with E-state index in [4.69, 9.17) is 0 Å². The molecule has 1 aliphatic heterocycles. The summed E-state index contributed by atoms with van der Waals surface area (Å²) in [5.41, 5.74) is 4.28. The highest BCUT2D eigenvalue weighted by molar-refractivity contribution is 8.18. The fourth-order valence-corrected chi connectivity index (χ4v) is 5.97. The third-order valence-electron chi connectivity index (χ3n) is 6.80. The van der Waals surface area contributed by atoms with Gasteiger partial charge in [-0.25, -0.2) is 0 Å². The number of hydrogen-bond donors (Lipinski definition) is 0. The van der Waals surface area contributed by atoms with Crippen LogP contribution in [0.15, 0.2) is 53.4 Å². The molecule has 0 radical (unpaired) electrons. The van der Waals surface area contributed by atoms with Gasteiger partial charge in [0.25, 0.3) is 11.1 Å². The van der Waals surface area contributed by atoms with Gasteiger partial charge in [-0.2, -0.15) is 0 Å². The maximum absolute atomic E-state index is 13.1. The van der Waals surface area contributed by atoms with Crippen LogP contribution >= 0.6 is 11.8 Å². The van der Waals surface area contributed by atoms with Crippen LogP contribution < -0.4 is 0 Å². The summed E-state index contributed by atoms with van der Waals surface area (Å²) in [6.45, 7) is 4.73. The van der Waals surface area contributed by atoms with Gasteiger partial charge in [0.2, 0.25) is 0 Å². The average molecular weight is 445 g/mol. The summed E-state index contributed by atoms with van der Waals surface area (Å²) in [4.78, 5) is 27.7. The van der Waals surface area contributed by atoms with E-state index in [1.807, 2.05) is 6.08 Å². The Morgan fingerprint density at radius 2 is 1.75 bits per heavy atom. The minimum Gasteiger partial charge on any atom is -0.317 e. The molecule has 1 aliphatic carbocycles. The molecule has 3 aromatic rings. The van der Waals surface area contributed by atoms with Gasteiger partial charge in [0, 0.05) is 23.3 Å². The molecule has 4 nitrogen and oxygen atoms in total. The molecule has 1 aromatic heterocycles. The van der Waals surface area contributed by atoms with Crippen LogP contribution in [0.4, 0.5) is 4.79 Å². The highest BCUT2D eigenvalue weighted by atomic mass is 32.2. The molecule has 32 heavy (non-hydrogen) atoms. The number of nitrogens with zero attached hydrogens (tertiary/aromatic N) is 2. The lowest BCUT2D eigenvalue weighted by Gasteiger charge is -2.25. The van der Waals surface area contributed by atoms with Gasteiger partial charge in [0.15, 0.2) is 0 Å². The third-order valence-corrected chi connectivity index (χ3v) is 7.71. The second-order valence-electron chi connectivity index (χ2n) is 8.96. The maximum atomic E-state index is 13.1. The molecule has 2 fully saturated rings. The van der Waals surface area contributed by atoms with E-state index in [9.17, 15) is 9.59 Å². The number of rotatable bonds is 4. The number of amides is 2. The minimum atomic E-state index is -0.138. The van der Waals surface area contributed by atoms with Gasteiger partial charge in [-0.15, -0.1) is 0 Å². The fraction of sp³-hybridized carbons (Fsp3) is 0.333. The van der Waals surface area contributed by atoms with Gasteiger partial charge in [0.05, 0.1) is 10.6 Å². The summed E-state index contributed by atoms with van der Waals surface area (Å²) >= 11 is 1.08. The van der Waals surface area contributed by atoms with Crippen LogP contribution in [0.3, 0.4) is 0 Å². The molecule has 0 spiro atoms. The van der Waals surface area contributed by atoms with E-state index in [1.54, 1.807) is 0 Å². The summed E-state index contributed by atoms with van der Waals surface area (Å²) in [5, 5.41) is 2.26. The van der Waals surface area contributed by atoms with Crippen molar-refractivity contribution in [3.63, 3.8) is 0 Å². The van der Waals surface area contributed by atoms with Crippen LogP contribution in [0.5, 0.6) is 0 Å². The molecule has 164 valence electrons. The van der Waals surface area contributed by atoms with E-state index in [0.717, 1.165) is 47.2 Å². The lowest BCUT2D eigenvalue weighted by atomic mass is 9.89. The van der Waals surface area contributed by atoms with Gasteiger partial charge in [-0.05, 0) is 73.5 Å². The number of hydrogen-bond acceptors (Lipinski definition) is 3. The van der Waals surface area contributed by atoms with Gasteiger partial charge >= 0.3 is 0 Å². The van der Waals surface area contributed by atoms with Crippen molar-refractivity contribution >= 4 is 39.8 Å². The lowest BCUT2D eigenvalue weighted by molar-refractivity contribution is -0.123. The zero-order valence-electron chi connectivity index (χ0n) is 18.6. The van der Waals surface area contributed by atoms with Crippen molar-refractivity contribution in [1.82, 2.24) is 9.47 Å². The van der Waals surface area contributed by atoms with E-state index < -0.39 is 0 Å². The van der Waals surface area contributed by atoms with Gasteiger partial charge < -0.3 is 4.57 Å². The predicted molar refractivity (Wildman–Crippen MR) is 132 cm³/mol. The molecule has 2 aliphatic rings. The first-order chi connectivity index (χ1) is 15.5. The molecular formula is C27H28N2O2S. The average Bonchev–Trinajstić information content (AvgIpc) is 3.23. The van der Waals surface area contributed by atoms with Crippen molar-refractivity contribution in [2.45, 2.75) is 46.0 Å². The Morgan fingerprint density at radius 3 is 2.56 bits per heavy atom. The highest BCUT2D eigenvalue weighted by Crippen LogP contribution is 2.36.